The maximum absolute atomic E-state index is 8.55. The van der Waals surface area contributed by atoms with Crippen molar-refractivity contribution in [3.8, 4) is 0 Å². The van der Waals surface area contributed by atoms with Crippen molar-refractivity contribution in [3.05, 3.63) is 0 Å². The van der Waals surface area contributed by atoms with Crippen LogP contribution in [0.5, 0.6) is 0 Å². The minimum Gasteiger partial charge on any atom is -0.822 e. The summed E-state index contributed by atoms with van der Waals surface area (Å²) < 4.78 is 8.55. The average molecular weight is 238 g/mol. The molecule has 0 saturated heterocycles. The summed E-state index contributed by atoms with van der Waals surface area (Å²) in [5.41, 5.74) is 9.39. The van der Waals surface area contributed by atoms with Gasteiger partial charge in [0.2, 0.25) is 5.96 Å². The van der Waals surface area contributed by atoms with Gasteiger partial charge in [-0.2, -0.15) is 7.82 Å². The molecular formula is CH6N4Na3O4P. The normalized spacial score (nSPS) is 7.00. The number of nitrogens with two attached hydrogens (primary N) is 3. The van der Waals surface area contributed by atoms with Crippen LogP contribution in [0.25, 0.3) is 0 Å². The standard InChI is InChI=1S/CH6N4.3Na.H3O4P/c2-1(3)5-4;;;;1-5(2,3)4/h4H2,(H4,2,3,5);;;;(H3,1,2,3,4)/q;3*+1;/p-3. The zero-order chi connectivity index (χ0) is 8.78. The Hall–Kier alpha value is 2.18. The quantitative estimate of drug-likeness (QED) is 0.0935. The third-order valence-corrected chi connectivity index (χ3v) is 0.149. The van der Waals surface area contributed by atoms with Gasteiger partial charge in [-0.15, -0.1) is 5.10 Å². The molecule has 0 spiro atoms. The smallest absolute Gasteiger partial charge is 0.822 e. The molecule has 62 valence electrons. The first-order valence-electron chi connectivity index (χ1n) is 1.79. The number of hydrogen-bond acceptors (Lipinski definition) is 6. The van der Waals surface area contributed by atoms with E-state index in [0.717, 1.165) is 0 Å². The predicted octanol–water partition coefficient (Wildman–Crippen LogP) is -13.7. The Balaban J connectivity index is -0.0000000267. The molecule has 0 aliphatic heterocycles. The van der Waals surface area contributed by atoms with Crippen LogP contribution < -0.4 is 121 Å². The maximum atomic E-state index is 8.55. The van der Waals surface area contributed by atoms with Crippen molar-refractivity contribution in [2.45, 2.75) is 0 Å². The van der Waals surface area contributed by atoms with Gasteiger partial charge in [0.25, 0.3) is 0 Å². The van der Waals surface area contributed by atoms with Crippen molar-refractivity contribution in [2.24, 2.45) is 22.4 Å². The van der Waals surface area contributed by atoms with E-state index >= 15 is 0 Å². The third-order valence-electron chi connectivity index (χ3n) is 0.149. The van der Waals surface area contributed by atoms with E-state index in [1.54, 1.807) is 0 Å². The first-order valence-corrected chi connectivity index (χ1v) is 3.25. The predicted molar refractivity (Wildman–Crippen MR) is 27.6 cm³/mol. The number of rotatable bonds is 0. The van der Waals surface area contributed by atoms with Gasteiger partial charge in [0.15, 0.2) is 0 Å². The van der Waals surface area contributed by atoms with E-state index in [0.29, 0.717) is 0 Å². The Morgan fingerprint density at radius 2 is 1.15 bits per heavy atom. The summed E-state index contributed by atoms with van der Waals surface area (Å²) in [5, 5.41) is 2.86. The molecule has 0 aromatic carbocycles. The molecular weight excluding hydrogens is 232 g/mol. The van der Waals surface area contributed by atoms with Gasteiger partial charge in [-0.25, -0.2) is 0 Å². The number of nitrogens with zero attached hydrogens (tertiary/aromatic N) is 1. The van der Waals surface area contributed by atoms with E-state index in [9.17, 15) is 0 Å². The topological polar surface area (TPSA) is 177 Å². The van der Waals surface area contributed by atoms with Gasteiger partial charge >= 0.3 is 88.7 Å². The van der Waals surface area contributed by atoms with Crippen LogP contribution in [0.2, 0.25) is 0 Å². The van der Waals surface area contributed by atoms with Gasteiger partial charge < -0.3 is 36.6 Å². The van der Waals surface area contributed by atoms with Crippen LogP contribution in [-0.4, -0.2) is 5.96 Å². The summed E-state index contributed by atoms with van der Waals surface area (Å²) >= 11 is 0. The molecule has 8 nitrogen and oxygen atoms in total. The van der Waals surface area contributed by atoms with Gasteiger partial charge in [-0.1, -0.05) is 0 Å². The molecule has 0 unspecified atom stereocenters. The summed E-state index contributed by atoms with van der Waals surface area (Å²) in [6, 6.07) is 0. The second kappa shape index (κ2) is 16.6. The van der Waals surface area contributed by atoms with E-state index < -0.39 is 7.82 Å². The Kier molecular flexibility index (Phi) is 37.6. The molecule has 0 aliphatic carbocycles. The number of guanidine groups is 1. The second-order valence-corrected chi connectivity index (χ2v) is 1.90. The molecule has 0 heterocycles. The van der Waals surface area contributed by atoms with Crippen molar-refractivity contribution < 1.29 is 108 Å². The van der Waals surface area contributed by atoms with Gasteiger partial charge in [0.1, 0.15) is 0 Å². The van der Waals surface area contributed by atoms with Crippen LogP contribution in [0.15, 0.2) is 5.10 Å². The molecule has 13 heavy (non-hydrogen) atoms. The summed E-state index contributed by atoms with van der Waals surface area (Å²) in [7, 11) is -5.39. The summed E-state index contributed by atoms with van der Waals surface area (Å²) in [6.07, 6.45) is 0. The third kappa shape index (κ3) is 120. The minimum atomic E-state index is -5.39. The van der Waals surface area contributed by atoms with Crippen LogP contribution in [0.1, 0.15) is 0 Å². The molecule has 0 fully saturated rings. The fraction of sp³-hybridized carbons (Fsp3) is 0. The fourth-order valence-electron chi connectivity index (χ4n) is 0. The average Bonchev–Trinajstić information content (AvgIpc) is 1.61. The number of hydrazone groups is 1. The molecule has 0 atom stereocenters. The van der Waals surface area contributed by atoms with Crippen LogP contribution in [0, 0.1) is 0 Å². The zero-order valence-corrected chi connectivity index (χ0v) is 14.7. The van der Waals surface area contributed by atoms with Gasteiger partial charge in [-0.3, -0.25) is 0 Å². The van der Waals surface area contributed by atoms with Crippen molar-refractivity contribution in [1.82, 2.24) is 0 Å². The molecule has 0 aromatic rings. The maximum Gasteiger partial charge on any atom is 1.00 e. The SMILES string of the molecule is NN=C(N)N.O=P([O-])([O-])[O-].[Na+].[Na+].[Na+]. The van der Waals surface area contributed by atoms with E-state index in [2.05, 4.69) is 10.9 Å². The summed E-state index contributed by atoms with van der Waals surface area (Å²) in [5.74, 6) is 4.42. The van der Waals surface area contributed by atoms with Crippen molar-refractivity contribution in [1.29, 1.82) is 0 Å². The van der Waals surface area contributed by atoms with E-state index in [4.69, 9.17) is 30.7 Å². The number of hydrogen-bond donors (Lipinski definition) is 3. The minimum absolute atomic E-state index is 0. The number of phosphoric acid groups is 1. The fourth-order valence-corrected chi connectivity index (χ4v) is 0. The van der Waals surface area contributed by atoms with Crippen molar-refractivity contribution >= 4 is 13.8 Å². The molecule has 0 bridgehead atoms. The molecule has 12 heteroatoms. The summed E-state index contributed by atoms with van der Waals surface area (Å²) in [6.45, 7) is 0. The molecule has 0 amide bonds. The van der Waals surface area contributed by atoms with Crippen LogP contribution in [0.4, 0.5) is 0 Å². The molecule has 6 N–H and O–H groups in total. The molecule has 0 rings (SSSR count). The Labute approximate surface area is 142 Å². The second-order valence-electron chi connectivity index (χ2n) is 1.00. The van der Waals surface area contributed by atoms with Gasteiger partial charge in [0.05, 0.1) is 0 Å². The van der Waals surface area contributed by atoms with E-state index in [1.165, 1.54) is 0 Å². The van der Waals surface area contributed by atoms with Crippen molar-refractivity contribution in [2.75, 3.05) is 0 Å². The zero-order valence-electron chi connectivity index (χ0n) is 7.76. The van der Waals surface area contributed by atoms with Crippen LogP contribution >= 0.6 is 7.82 Å². The molecule has 0 aliphatic rings. The molecule has 0 radical (unpaired) electrons. The molecule has 0 saturated carbocycles. The first-order chi connectivity index (χ1) is 4.27. The summed E-state index contributed by atoms with van der Waals surface area (Å²) in [4.78, 5) is 25.6. The Morgan fingerprint density at radius 1 is 1.08 bits per heavy atom. The monoisotopic (exact) mass is 238 g/mol. The van der Waals surface area contributed by atoms with Gasteiger partial charge in [-0.05, 0) is 0 Å². The largest absolute Gasteiger partial charge is 1.00 e. The van der Waals surface area contributed by atoms with Crippen LogP contribution in [-0.2, 0) is 4.57 Å². The first kappa shape index (κ1) is 29.5. The van der Waals surface area contributed by atoms with Gasteiger partial charge in [0, 0.05) is 0 Å². The van der Waals surface area contributed by atoms with Crippen molar-refractivity contribution in [3.63, 3.8) is 0 Å². The van der Waals surface area contributed by atoms with E-state index in [-0.39, 0.29) is 94.6 Å². The Morgan fingerprint density at radius 3 is 1.15 bits per heavy atom. The Bertz CT molecular complexity index is 147. The van der Waals surface area contributed by atoms with Crippen LogP contribution in [0.3, 0.4) is 0 Å². The molecule has 0 aromatic heterocycles. The van der Waals surface area contributed by atoms with E-state index in [1.807, 2.05) is 0 Å².